The Labute approximate surface area is 81.1 Å². The van der Waals surface area contributed by atoms with Crippen LogP contribution in [0.5, 0.6) is 11.5 Å². The van der Waals surface area contributed by atoms with Crippen LogP contribution in [0.15, 0.2) is 18.2 Å². The maximum Gasteiger partial charge on any atom is 0.161 e. The van der Waals surface area contributed by atoms with Gasteiger partial charge in [-0.05, 0) is 30.5 Å². The number of aliphatic hydroxyl groups is 2. The predicted molar refractivity (Wildman–Crippen MR) is 48.9 cm³/mol. The van der Waals surface area contributed by atoms with Crippen molar-refractivity contribution >= 4 is 0 Å². The Balaban J connectivity index is 2.38. The Morgan fingerprint density at radius 1 is 1.07 bits per heavy atom. The van der Waals surface area contributed by atoms with Crippen molar-refractivity contribution in [2.24, 2.45) is 0 Å². The van der Waals surface area contributed by atoms with Crippen LogP contribution >= 0.6 is 0 Å². The summed E-state index contributed by atoms with van der Waals surface area (Å²) in [7, 11) is 0. The molecule has 0 unspecified atom stereocenters. The highest BCUT2D eigenvalue weighted by Crippen LogP contribution is 2.51. The Bertz CT molecular complexity index is 355. The summed E-state index contributed by atoms with van der Waals surface area (Å²) in [5, 5.41) is 36.7. The SMILES string of the molecule is Oc1ccc(C2(C(O)O)CC2)cc1O. The summed E-state index contributed by atoms with van der Waals surface area (Å²) in [6, 6.07) is 4.33. The first-order valence-corrected chi connectivity index (χ1v) is 4.45. The van der Waals surface area contributed by atoms with E-state index in [0.717, 1.165) is 0 Å². The second-order valence-corrected chi connectivity index (χ2v) is 3.73. The van der Waals surface area contributed by atoms with Crippen LogP contribution in [0.1, 0.15) is 18.4 Å². The average Bonchev–Trinajstić information content (AvgIpc) is 2.90. The van der Waals surface area contributed by atoms with Crippen molar-refractivity contribution in [3.05, 3.63) is 23.8 Å². The molecule has 76 valence electrons. The quantitative estimate of drug-likeness (QED) is 0.408. The smallest absolute Gasteiger partial charge is 0.161 e. The molecular formula is C10H12O4. The summed E-state index contributed by atoms with van der Waals surface area (Å²) < 4.78 is 0. The number of benzene rings is 1. The molecule has 0 saturated heterocycles. The minimum absolute atomic E-state index is 0.197. The van der Waals surface area contributed by atoms with Gasteiger partial charge < -0.3 is 20.4 Å². The maximum atomic E-state index is 9.26. The summed E-state index contributed by atoms with van der Waals surface area (Å²) in [6.07, 6.45) is -0.0320. The fourth-order valence-electron chi connectivity index (χ4n) is 1.66. The zero-order valence-corrected chi connectivity index (χ0v) is 7.51. The van der Waals surface area contributed by atoms with Crippen molar-refractivity contribution in [2.75, 3.05) is 0 Å². The highest BCUT2D eigenvalue weighted by atomic mass is 16.5. The van der Waals surface area contributed by atoms with E-state index < -0.39 is 11.7 Å². The van der Waals surface area contributed by atoms with E-state index in [1.807, 2.05) is 0 Å². The van der Waals surface area contributed by atoms with E-state index in [9.17, 15) is 5.11 Å². The first-order chi connectivity index (χ1) is 6.56. The number of aliphatic hydroxyl groups excluding tert-OH is 1. The summed E-state index contributed by atoms with van der Waals surface area (Å²) in [5.41, 5.74) is 0.0216. The van der Waals surface area contributed by atoms with Crippen LogP contribution in [0.3, 0.4) is 0 Å². The monoisotopic (exact) mass is 196 g/mol. The van der Waals surface area contributed by atoms with Crippen LogP contribution in [0.2, 0.25) is 0 Å². The lowest BCUT2D eigenvalue weighted by Gasteiger charge is -2.18. The summed E-state index contributed by atoms with van der Waals surface area (Å²) in [4.78, 5) is 0. The predicted octanol–water partition coefficient (Wildman–Crippen LogP) is 0.440. The lowest BCUT2D eigenvalue weighted by molar-refractivity contribution is -0.0694. The van der Waals surface area contributed by atoms with E-state index in [1.165, 1.54) is 12.1 Å². The van der Waals surface area contributed by atoms with E-state index in [1.54, 1.807) is 6.07 Å². The third kappa shape index (κ3) is 1.23. The fraction of sp³-hybridized carbons (Fsp3) is 0.400. The second kappa shape index (κ2) is 2.87. The highest BCUT2D eigenvalue weighted by molar-refractivity contribution is 5.45. The number of aromatic hydroxyl groups is 2. The van der Waals surface area contributed by atoms with E-state index >= 15 is 0 Å². The summed E-state index contributed by atoms with van der Waals surface area (Å²) in [5.74, 6) is -0.425. The molecule has 0 radical (unpaired) electrons. The molecule has 0 heterocycles. The van der Waals surface area contributed by atoms with Crippen molar-refractivity contribution in [3.63, 3.8) is 0 Å². The third-order valence-corrected chi connectivity index (χ3v) is 2.83. The molecule has 0 spiro atoms. The number of hydrogen-bond acceptors (Lipinski definition) is 4. The van der Waals surface area contributed by atoms with Crippen LogP contribution in [0.25, 0.3) is 0 Å². The molecule has 1 aromatic carbocycles. The molecule has 0 aliphatic heterocycles. The minimum atomic E-state index is -1.41. The number of phenolic OH excluding ortho intramolecular Hbond substituents is 2. The lowest BCUT2D eigenvalue weighted by Crippen LogP contribution is -2.25. The molecule has 0 bridgehead atoms. The second-order valence-electron chi connectivity index (χ2n) is 3.73. The van der Waals surface area contributed by atoms with Crippen LogP contribution in [-0.4, -0.2) is 26.7 Å². The number of hydrogen-bond donors (Lipinski definition) is 4. The van der Waals surface area contributed by atoms with Gasteiger partial charge in [0.25, 0.3) is 0 Å². The minimum Gasteiger partial charge on any atom is -0.504 e. The van der Waals surface area contributed by atoms with Gasteiger partial charge in [0.15, 0.2) is 17.8 Å². The molecule has 0 amide bonds. The van der Waals surface area contributed by atoms with Gasteiger partial charge in [0.2, 0.25) is 0 Å². The van der Waals surface area contributed by atoms with Gasteiger partial charge >= 0.3 is 0 Å². The first kappa shape index (κ1) is 9.30. The van der Waals surface area contributed by atoms with Crippen molar-refractivity contribution in [1.82, 2.24) is 0 Å². The molecule has 1 fully saturated rings. The standard InChI is InChI=1S/C10H12O4/c11-7-2-1-6(5-8(7)12)10(3-4-10)9(13)14/h1-2,5,9,11-14H,3-4H2. The molecule has 1 saturated carbocycles. The third-order valence-electron chi connectivity index (χ3n) is 2.83. The van der Waals surface area contributed by atoms with Gasteiger partial charge in [-0.15, -0.1) is 0 Å². The van der Waals surface area contributed by atoms with Gasteiger partial charge in [0, 0.05) is 5.41 Å². The average molecular weight is 196 g/mol. The Morgan fingerprint density at radius 3 is 2.14 bits per heavy atom. The summed E-state index contributed by atoms with van der Waals surface area (Å²) >= 11 is 0. The van der Waals surface area contributed by atoms with Gasteiger partial charge in [-0.1, -0.05) is 6.07 Å². The van der Waals surface area contributed by atoms with Crippen molar-refractivity contribution in [1.29, 1.82) is 0 Å². The number of phenols is 2. The lowest BCUT2D eigenvalue weighted by atomic mass is 9.95. The van der Waals surface area contributed by atoms with Crippen LogP contribution in [0.4, 0.5) is 0 Å². The zero-order valence-electron chi connectivity index (χ0n) is 7.51. The van der Waals surface area contributed by atoms with Gasteiger partial charge in [0.1, 0.15) is 0 Å². The molecule has 0 atom stereocenters. The van der Waals surface area contributed by atoms with E-state index in [-0.39, 0.29) is 11.5 Å². The first-order valence-electron chi connectivity index (χ1n) is 4.45. The normalized spacial score (nSPS) is 18.5. The highest BCUT2D eigenvalue weighted by Gasteiger charge is 2.50. The zero-order chi connectivity index (χ0) is 10.3. The van der Waals surface area contributed by atoms with E-state index in [4.69, 9.17) is 15.3 Å². The van der Waals surface area contributed by atoms with Crippen LogP contribution in [0, 0.1) is 0 Å². The van der Waals surface area contributed by atoms with Crippen molar-refractivity contribution in [3.8, 4) is 11.5 Å². The van der Waals surface area contributed by atoms with Crippen molar-refractivity contribution in [2.45, 2.75) is 24.5 Å². The Morgan fingerprint density at radius 2 is 1.71 bits per heavy atom. The fourth-order valence-corrected chi connectivity index (χ4v) is 1.66. The Kier molecular flexibility index (Phi) is 1.90. The van der Waals surface area contributed by atoms with Gasteiger partial charge in [-0.25, -0.2) is 0 Å². The Hall–Kier alpha value is -1.26. The summed E-state index contributed by atoms with van der Waals surface area (Å²) in [6.45, 7) is 0. The molecule has 1 aliphatic rings. The molecule has 1 aromatic rings. The molecule has 4 nitrogen and oxygen atoms in total. The van der Waals surface area contributed by atoms with E-state index in [2.05, 4.69) is 0 Å². The van der Waals surface area contributed by atoms with Gasteiger partial charge in [0.05, 0.1) is 0 Å². The van der Waals surface area contributed by atoms with Crippen LogP contribution in [-0.2, 0) is 5.41 Å². The topological polar surface area (TPSA) is 80.9 Å². The molecule has 14 heavy (non-hydrogen) atoms. The largest absolute Gasteiger partial charge is 0.504 e. The molecule has 1 aliphatic carbocycles. The van der Waals surface area contributed by atoms with Crippen LogP contribution < -0.4 is 0 Å². The van der Waals surface area contributed by atoms with Gasteiger partial charge in [-0.2, -0.15) is 0 Å². The molecule has 0 aromatic heterocycles. The van der Waals surface area contributed by atoms with Gasteiger partial charge in [-0.3, -0.25) is 0 Å². The maximum absolute atomic E-state index is 9.26. The number of rotatable bonds is 2. The van der Waals surface area contributed by atoms with E-state index in [0.29, 0.717) is 18.4 Å². The molecule has 2 rings (SSSR count). The molecule has 4 heteroatoms. The van der Waals surface area contributed by atoms with Crippen molar-refractivity contribution < 1.29 is 20.4 Å². The molecule has 4 N–H and O–H groups in total. The molecular weight excluding hydrogens is 184 g/mol.